The molecule has 1 N–H and O–H groups in total. The minimum absolute atomic E-state index is 0.221. The summed E-state index contributed by atoms with van der Waals surface area (Å²) in [6.07, 6.45) is -0.221. The summed E-state index contributed by atoms with van der Waals surface area (Å²) in [5.41, 5.74) is 2.06. The predicted molar refractivity (Wildman–Crippen MR) is 87.9 cm³/mol. The number of benzene rings is 2. The van der Waals surface area contributed by atoms with E-state index in [0.29, 0.717) is 13.2 Å². The highest BCUT2D eigenvalue weighted by Crippen LogP contribution is 2.34. The number of hydrogen-bond donors (Lipinski definition) is 1. The first kappa shape index (κ1) is 16.1. The van der Waals surface area contributed by atoms with Gasteiger partial charge in [0.15, 0.2) is 5.79 Å². The zero-order valence-corrected chi connectivity index (χ0v) is 13.6. The molecule has 2 aromatic rings. The number of hydrogen-bond acceptors (Lipinski definition) is 4. The predicted octanol–water partition coefficient (Wildman–Crippen LogP) is 3.77. The Balaban J connectivity index is 1.83. The maximum absolute atomic E-state index is 10.7. The number of nitrogens with zero attached hydrogens (tertiary/aromatic N) is 1. The van der Waals surface area contributed by atoms with Gasteiger partial charge < -0.3 is 14.7 Å². The van der Waals surface area contributed by atoms with Gasteiger partial charge in [0.1, 0.15) is 6.10 Å². The third-order valence-corrected chi connectivity index (χ3v) is 4.03. The molecule has 0 bridgehead atoms. The van der Waals surface area contributed by atoms with E-state index in [1.807, 2.05) is 74.5 Å². The van der Waals surface area contributed by atoms with Crippen molar-refractivity contribution in [2.45, 2.75) is 38.3 Å². The Kier molecular flexibility index (Phi) is 4.78. The Morgan fingerprint density at radius 2 is 1.70 bits per heavy atom. The van der Waals surface area contributed by atoms with Gasteiger partial charge in [-0.25, -0.2) is 0 Å². The molecule has 1 aliphatic rings. The smallest absolute Gasteiger partial charge is 0.163 e. The molecular weight excluding hydrogens is 290 g/mol. The summed E-state index contributed by atoms with van der Waals surface area (Å²) in [5, 5.41) is 12.1. The molecule has 0 unspecified atom stereocenters. The van der Waals surface area contributed by atoms with E-state index < -0.39 is 5.79 Å². The fourth-order valence-corrected chi connectivity index (χ4v) is 2.97. The lowest BCUT2D eigenvalue weighted by atomic mass is 10.0. The summed E-state index contributed by atoms with van der Waals surface area (Å²) in [5.74, 6) is -0.620. The number of rotatable bonds is 5. The summed E-state index contributed by atoms with van der Waals surface area (Å²) in [6.45, 7) is 4.68. The van der Waals surface area contributed by atoms with E-state index >= 15 is 0 Å². The highest BCUT2D eigenvalue weighted by atomic mass is 16.7. The minimum atomic E-state index is -0.620. The zero-order valence-electron chi connectivity index (χ0n) is 13.6. The van der Waals surface area contributed by atoms with Gasteiger partial charge in [-0.05, 0) is 25.0 Å². The Morgan fingerprint density at radius 1 is 1.09 bits per heavy atom. The fraction of sp³-hybridized carbons (Fsp3) is 0.368. The van der Waals surface area contributed by atoms with Crippen molar-refractivity contribution in [1.82, 2.24) is 5.06 Å². The lowest BCUT2D eigenvalue weighted by Crippen LogP contribution is -2.36. The Bertz CT molecular complexity index is 615. The number of hydroxylamine groups is 2. The molecule has 1 heterocycles. The molecule has 0 aromatic heterocycles. The van der Waals surface area contributed by atoms with Crippen molar-refractivity contribution in [3.63, 3.8) is 0 Å². The van der Waals surface area contributed by atoms with E-state index in [4.69, 9.17) is 9.47 Å². The summed E-state index contributed by atoms with van der Waals surface area (Å²) < 4.78 is 11.7. The molecule has 4 nitrogen and oxygen atoms in total. The standard InChI is InChI=1S/C19H23NO3/c1-19(2)22-14-17(23-19)18(16-11-7-4-8-12-16)20(21)13-15-9-5-3-6-10-15/h3-12,17-18,21H,13-14H2,1-2H3/t17-,18-/m1/s1. The minimum Gasteiger partial charge on any atom is -0.348 e. The van der Waals surface area contributed by atoms with E-state index in [2.05, 4.69) is 0 Å². The van der Waals surface area contributed by atoms with E-state index in [-0.39, 0.29) is 12.1 Å². The fourth-order valence-electron chi connectivity index (χ4n) is 2.97. The normalized spacial score (nSPS) is 21.5. The van der Waals surface area contributed by atoms with Crippen molar-refractivity contribution in [1.29, 1.82) is 0 Å². The molecule has 1 aliphatic heterocycles. The molecule has 0 aliphatic carbocycles. The lowest BCUT2D eigenvalue weighted by molar-refractivity contribution is -0.191. The summed E-state index contributed by atoms with van der Waals surface area (Å²) in [4.78, 5) is 0. The molecule has 1 fully saturated rings. The molecule has 1 saturated heterocycles. The molecule has 2 aromatic carbocycles. The van der Waals surface area contributed by atoms with Crippen LogP contribution in [0, 0.1) is 0 Å². The molecule has 0 radical (unpaired) electrons. The average Bonchev–Trinajstić information content (AvgIpc) is 2.89. The van der Waals surface area contributed by atoms with Gasteiger partial charge in [0, 0.05) is 6.54 Å². The highest BCUT2D eigenvalue weighted by molar-refractivity contribution is 5.21. The lowest BCUT2D eigenvalue weighted by Gasteiger charge is -2.31. The second-order valence-electron chi connectivity index (χ2n) is 6.31. The molecule has 0 saturated carbocycles. The van der Waals surface area contributed by atoms with Crippen LogP contribution >= 0.6 is 0 Å². The number of ether oxygens (including phenoxy) is 2. The maximum atomic E-state index is 10.7. The summed E-state index contributed by atoms with van der Waals surface area (Å²) in [7, 11) is 0. The van der Waals surface area contributed by atoms with Crippen molar-refractivity contribution >= 4 is 0 Å². The van der Waals surface area contributed by atoms with Gasteiger partial charge in [-0.3, -0.25) is 0 Å². The van der Waals surface area contributed by atoms with Crippen LogP contribution in [0.1, 0.15) is 31.0 Å². The molecular formula is C19H23NO3. The van der Waals surface area contributed by atoms with Gasteiger partial charge in [0.25, 0.3) is 0 Å². The van der Waals surface area contributed by atoms with E-state index in [9.17, 15) is 5.21 Å². The Hall–Kier alpha value is -1.72. The Morgan fingerprint density at radius 3 is 2.26 bits per heavy atom. The van der Waals surface area contributed by atoms with Gasteiger partial charge >= 0.3 is 0 Å². The van der Waals surface area contributed by atoms with Crippen LogP contribution in [0.15, 0.2) is 60.7 Å². The molecule has 122 valence electrons. The quantitative estimate of drug-likeness (QED) is 0.853. The molecule has 0 spiro atoms. The largest absolute Gasteiger partial charge is 0.348 e. The first-order valence-corrected chi connectivity index (χ1v) is 7.91. The van der Waals surface area contributed by atoms with Crippen LogP contribution in [0.25, 0.3) is 0 Å². The zero-order chi connectivity index (χ0) is 16.3. The third kappa shape index (κ3) is 3.98. The van der Waals surface area contributed by atoms with Crippen LogP contribution in [-0.2, 0) is 16.0 Å². The van der Waals surface area contributed by atoms with Gasteiger partial charge in [0.05, 0.1) is 12.6 Å². The first-order chi connectivity index (χ1) is 11.1. The summed E-state index contributed by atoms with van der Waals surface area (Å²) >= 11 is 0. The van der Waals surface area contributed by atoms with Crippen molar-refractivity contribution in [2.24, 2.45) is 0 Å². The second-order valence-corrected chi connectivity index (χ2v) is 6.31. The van der Waals surface area contributed by atoms with Crippen LogP contribution in [0.2, 0.25) is 0 Å². The van der Waals surface area contributed by atoms with E-state index in [0.717, 1.165) is 11.1 Å². The SMILES string of the molecule is CC1(C)OC[C@H]([C@@H](c2ccccc2)N(O)Cc2ccccc2)O1. The average molecular weight is 313 g/mol. The summed E-state index contributed by atoms with van der Waals surface area (Å²) in [6, 6.07) is 19.6. The molecule has 4 heteroatoms. The molecule has 3 rings (SSSR count). The van der Waals surface area contributed by atoms with E-state index in [1.165, 1.54) is 5.06 Å². The topological polar surface area (TPSA) is 41.9 Å². The highest BCUT2D eigenvalue weighted by Gasteiger charge is 2.40. The van der Waals surface area contributed by atoms with Crippen molar-refractivity contribution in [2.75, 3.05) is 6.61 Å². The molecule has 0 amide bonds. The van der Waals surface area contributed by atoms with Crippen LogP contribution in [0.5, 0.6) is 0 Å². The molecule has 23 heavy (non-hydrogen) atoms. The van der Waals surface area contributed by atoms with Crippen LogP contribution < -0.4 is 0 Å². The van der Waals surface area contributed by atoms with Crippen LogP contribution in [-0.4, -0.2) is 28.8 Å². The van der Waals surface area contributed by atoms with Crippen molar-refractivity contribution in [3.8, 4) is 0 Å². The van der Waals surface area contributed by atoms with Gasteiger partial charge in [-0.2, -0.15) is 5.06 Å². The van der Waals surface area contributed by atoms with Gasteiger partial charge in [0.2, 0.25) is 0 Å². The van der Waals surface area contributed by atoms with Crippen molar-refractivity contribution in [3.05, 3.63) is 71.8 Å². The first-order valence-electron chi connectivity index (χ1n) is 7.91. The molecule has 2 atom stereocenters. The van der Waals surface area contributed by atoms with Crippen molar-refractivity contribution < 1.29 is 14.7 Å². The van der Waals surface area contributed by atoms with Crippen LogP contribution in [0.4, 0.5) is 0 Å². The maximum Gasteiger partial charge on any atom is 0.163 e. The monoisotopic (exact) mass is 313 g/mol. The van der Waals surface area contributed by atoms with Crippen LogP contribution in [0.3, 0.4) is 0 Å². The third-order valence-electron chi connectivity index (χ3n) is 4.03. The van der Waals surface area contributed by atoms with Gasteiger partial charge in [-0.15, -0.1) is 0 Å². The van der Waals surface area contributed by atoms with E-state index in [1.54, 1.807) is 0 Å². The van der Waals surface area contributed by atoms with Gasteiger partial charge in [-0.1, -0.05) is 60.7 Å². The Labute approximate surface area is 137 Å². The second kappa shape index (κ2) is 6.81.